The van der Waals surface area contributed by atoms with Gasteiger partial charge in [0, 0.05) is 40.3 Å². The minimum Gasteiger partial charge on any atom is -0.380 e. The van der Waals surface area contributed by atoms with Crippen LogP contribution in [-0.2, 0) is 5.41 Å². The van der Waals surface area contributed by atoms with Crippen LogP contribution >= 0.6 is 0 Å². The van der Waals surface area contributed by atoms with E-state index in [9.17, 15) is 4.79 Å². The van der Waals surface area contributed by atoms with E-state index in [0.29, 0.717) is 23.6 Å². The number of aliphatic imine (C=N–C) groups is 1. The largest absolute Gasteiger partial charge is 0.380 e. The van der Waals surface area contributed by atoms with Crippen LogP contribution in [0.25, 0.3) is 10.8 Å². The Kier molecular flexibility index (Phi) is 4.88. The van der Waals surface area contributed by atoms with Gasteiger partial charge < -0.3 is 5.32 Å². The van der Waals surface area contributed by atoms with E-state index in [4.69, 9.17) is 4.99 Å². The molecule has 4 heteroatoms. The summed E-state index contributed by atoms with van der Waals surface area (Å²) >= 11 is 0. The van der Waals surface area contributed by atoms with Crippen LogP contribution in [0.2, 0.25) is 0 Å². The van der Waals surface area contributed by atoms with Crippen molar-refractivity contribution in [1.29, 1.82) is 0 Å². The summed E-state index contributed by atoms with van der Waals surface area (Å²) in [5.41, 5.74) is 5.53. The molecule has 4 nitrogen and oxygen atoms in total. The Morgan fingerprint density at radius 3 is 2.61 bits per heavy atom. The lowest BCUT2D eigenvalue weighted by Crippen LogP contribution is -2.59. The van der Waals surface area contributed by atoms with Crippen LogP contribution in [0, 0.1) is 5.92 Å². The number of anilines is 1. The Labute approximate surface area is 195 Å². The lowest BCUT2D eigenvalue weighted by atomic mass is 9.62. The third-order valence-electron chi connectivity index (χ3n) is 8.39. The Morgan fingerprint density at radius 2 is 1.79 bits per heavy atom. The third kappa shape index (κ3) is 3.31. The van der Waals surface area contributed by atoms with Crippen molar-refractivity contribution >= 4 is 34.6 Å². The van der Waals surface area contributed by atoms with E-state index in [1.165, 1.54) is 54.4 Å². The van der Waals surface area contributed by atoms with Gasteiger partial charge in [-0.25, -0.2) is 0 Å². The minimum absolute atomic E-state index is 0.147. The van der Waals surface area contributed by atoms with E-state index in [1.54, 1.807) is 0 Å². The summed E-state index contributed by atoms with van der Waals surface area (Å²) in [7, 11) is 0. The molecule has 0 radical (unpaired) electrons. The maximum absolute atomic E-state index is 10.9. The molecule has 3 aromatic rings. The quantitative estimate of drug-likeness (QED) is 0.406. The van der Waals surface area contributed by atoms with Crippen LogP contribution in [0.15, 0.2) is 59.6 Å². The molecule has 6 rings (SSSR count). The summed E-state index contributed by atoms with van der Waals surface area (Å²) in [6.07, 6.45) is 6.65. The minimum atomic E-state index is 0.147. The zero-order valence-electron chi connectivity index (χ0n) is 19.4. The predicted molar refractivity (Wildman–Crippen MR) is 136 cm³/mol. The lowest BCUT2D eigenvalue weighted by Gasteiger charge is -2.53. The van der Waals surface area contributed by atoms with Crippen molar-refractivity contribution in [2.45, 2.75) is 50.6 Å². The Morgan fingerprint density at radius 1 is 0.970 bits per heavy atom. The number of piperidine rings is 1. The number of carbonyl (C=O) groups is 1. The summed E-state index contributed by atoms with van der Waals surface area (Å²) in [5.74, 6) is 0.664. The van der Waals surface area contributed by atoms with Gasteiger partial charge in [-0.2, -0.15) is 0 Å². The molecule has 33 heavy (non-hydrogen) atoms. The molecule has 168 valence electrons. The Balaban J connectivity index is 1.41. The van der Waals surface area contributed by atoms with Crippen LogP contribution in [0.3, 0.4) is 0 Å². The van der Waals surface area contributed by atoms with Gasteiger partial charge in [-0.05, 0) is 60.9 Å². The van der Waals surface area contributed by atoms with Crippen LogP contribution in [0.1, 0.15) is 54.6 Å². The van der Waals surface area contributed by atoms with Crippen LogP contribution in [0.4, 0.5) is 11.4 Å². The number of rotatable bonds is 3. The molecule has 3 aromatic carbocycles. The molecule has 0 aromatic heterocycles. The van der Waals surface area contributed by atoms with Crippen molar-refractivity contribution in [2.75, 3.05) is 18.4 Å². The number of nitrogens with zero attached hydrogens (tertiary/aromatic N) is 2. The van der Waals surface area contributed by atoms with Crippen LogP contribution in [0.5, 0.6) is 0 Å². The second-order valence-corrected chi connectivity index (χ2v) is 10.4. The zero-order chi connectivity index (χ0) is 22.6. The topological polar surface area (TPSA) is 44.7 Å². The standard InChI is InChI=1S/C29H31N3O/c1-29(2)23-13-12-21-22(27(23)31-28-24(29)14-16-32-15-4-7-26(28)32)5-3-6-25(21)30-17-19-8-10-20(18-33)11-9-19/h3,5-6,8-13,17-18,24,26,28,31H,4,7,14-16H2,1-2H3/t24-,26-,28-/m0/s1. The van der Waals surface area contributed by atoms with Gasteiger partial charge in [-0.15, -0.1) is 0 Å². The molecule has 0 bridgehead atoms. The molecule has 3 atom stereocenters. The van der Waals surface area contributed by atoms with Gasteiger partial charge in [-0.3, -0.25) is 14.7 Å². The van der Waals surface area contributed by atoms with Gasteiger partial charge >= 0.3 is 0 Å². The van der Waals surface area contributed by atoms with Crippen molar-refractivity contribution in [1.82, 2.24) is 4.90 Å². The molecule has 3 aliphatic rings. The first-order chi connectivity index (χ1) is 16.1. The summed E-state index contributed by atoms with van der Waals surface area (Å²) in [6.45, 7) is 7.40. The molecule has 2 fully saturated rings. The number of fused-ring (bicyclic) bond motifs is 6. The molecule has 0 spiro atoms. The van der Waals surface area contributed by atoms with E-state index in [2.05, 4.69) is 54.4 Å². The average Bonchev–Trinajstić information content (AvgIpc) is 3.32. The van der Waals surface area contributed by atoms with E-state index in [-0.39, 0.29) is 5.41 Å². The van der Waals surface area contributed by atoms with E-state index in [0.717, 1.165) is 17.5 Å². The normalized spacial score (nSPS) is 25.9. The van der Waals surface area contributed by atoms with Gasteiger partial charge in [0.05, 0.1) is 5.69 Å². The highest BCUT2D eigenvalue weighted by atomic mass is 16.1. The van der Waals surface area contributed by atoms with Gasteiger partial charge in [0.1, 0.15) is 6.29 Å². The lowest BCUT2D eigenvalue weighted by molar-refractivity contribution is 0.0914. The van der Waals surface area contributed by atoms with Crippen molar-refractivity contribution < 1.29 is 4.79 Å². The molecular weight excluding hydrogens is 406 g/mol. The number of carbonyl (C=O) groups excluding carboxylic acids is 1. The first-order valence-corrected chi connectivity index (χ1v) is 12.2. The number of aldehydes is 1. The highest BCUT2D eigenvalue weighted by molar-refractivity contribution is 6.03. The molecule has 3 aliphatic heterocycles. The first kappa shape index (κ1) is 20.6. The Bertz CT molecular complexity index is 1240. The van der Waals surface area contributed by atoms with E-state index in [1.807, 2.05) is 30.5 Å². The predicted octanol–water partition coefficient (Wildman–Crippen LogP) is 5.96. The number of hydrogen-bond acceptors (Lipinski definition) is 4. The summed E-state index contributed by atoms with van der Waals surface area (Å²) < 4.78 is 0. The maximum atomic E-state index is 10.9. The summed E-state index contributed by atoms with van der Waals surface area (Å²) in [4.78, 5) is 18.5. The highest BCUT2D eigenvalue weighted by Crippen LogP contribution is 2.51. The SMILES string of the molecule is CC1(C)c2ccc3c(N=Cc4ccc(C=O)cc4)cccc3c2N[C@@H]2[C@@H]3CCCN3CC[C@@H]21. The number of hydrogen-bond donors (Lipinski definition) is 1. The number of benzene rings is 3. The third-order valence-corrected chi connectivity index (χ3v) is 8.39. The van der Waals surface area contributed by atoms with Crippen LogP contribution < -0.4 is 5.32 Å². The highest BCUT2D eigenvalue weighted by Gasteiger charge is 2.50. The molecule has 0 unspecified atom stereocenters. The molecule has 1 N–H and O–H groups in total. The average molecular weight is 438 g/mol. The zero-order valence-corrected chi connectivity index (χ0v) is 19.4. The first-order valence-electron chi connectivity index (χ1n) is 12.2. The Hall–Kier alpha value is -2.98. The van der Waals surface area contributed by atoms with Crippen molar-refractivity contribution in [3.05, 3.63) is 71.3 Å². The fourth-order valence-electron chi connectivity index (χ4n) is 6.61. The number of nitrogens with one attached hydrogen (secondary N) is 1. The van der Waals surface area contributed by atoms with Gasteiger partial charge in [0.2, 0.25) is 0 Å². The second-order valence-electron chi connectivity index (χ2n) is 10.4. The smallest absolute Gasteiger partial charge is 0.150 e. The summed E-state index contributed by atoms with van der Waals surface area (Å²) in [6, 6.07) is 19.7. The van der Waals surface area contributed by atoms with Crippen molar-refractivity contribution in [3.8, 4) is 0 Å². The van der Waals surface area contributed by atoms with Crippen molar-refractivity contribution in [2.24, 2.45) is 10.9 Å². The van der Waals surface area contributed by atoms with E-state index < -0.39 is 0 Å². The molecule has 2 saturated heterocycles. The summed E-state index contributed by atoms with van der Waals surface area (Å²) in [5, 5.41) is 6.50. The molecule has 0 amide bonds. The fourth-order valence-corrected chi connectivity index (χ4v) is 6.61. The molecular formula is C29H31N3O. The monoisotopic (exact) mass is 437 g/mol. The van der Waals surface area contributed by atoms with Crippen molar-refractivity contribution in [3.63, 3.8) is 0 Å². The maximum Gasteiger partial charge on any atom is 0.150 e. The van der Waals surface area contributed by atoms with Gasteiger partial charge in [-0.1, -0.05) is 62.4 Å². The molecule has 0 saturated carbocycles. The second kappa shape index (κ2) is 7.81. The fraction of sp³-hybridized carbons (Fsp3) is 0.379. The molecule has 0 aliphatic carbocycles. The van der Waals surface area contributed by atoms with Gasteiger partial charge in [0.25, 0.3) is 0 Å². The van der Waals surface area contributed by atoms with E-state index >= 15 is 0 Å². The van der Waals surface area contributed by atoms with Crippen LogP contribution in [-0.4, -0.2) is 42.6 Å². The molecule has 3 heterocycles. The van der Waals surface area contributed by atoms with Gasteiger partial charge in [0.15, 0.2) is 0 Å².